The van der Waals surface area contributed by atoms with Crippen LogP contribution in [-0.4, -0.2) is 19.1 Å². The van der Waals surface area contributed by atoms with E-state index in [2.05, 4.69) is 24.4 Å². The molecule has 2 aromatic rings. The zero-order chi connectivity index (χ0) is 19.4. The molecule has 142 valence electrons. The summed E-state index contributed by atoms with van der Waals surface area (Å²) in [4.78, 5) is 12.4. The molecule has 0 radical (unpaired) electrons. The molecule has 4 heteroatoms. The molecule has 0 aromatic heterocycles. The third-order valence-corrected chi connectivity index (χ3v) is 5.19. The first-order chi connectivity index (χ1) is 12.9. The number of hydrogen-bond acceptors (Lipinski definition) is 2. The number of benzene rings is 2. The zero-order valence-electron chi connectivity index (χ0n) is 16.1. The largest absolute Gasteiger partial charge is 0.490 e. The number of piperidine rings is 1. The van der Waals surface area contributed by atoms with Crippen LogP contribution in [0.2, 0.25) is 0 Å². The minimum absolute atomic E-state index is 0.000703. The number of nitrogens with one attached hydrogen (secondary N) is 1. The SMILES string of the molecule is CC(C)=CCOc1ccc(C2(C)CNC(=O)C(c3ccc(F)cc3)C2)cc1. The quantitative estimate of drug-likeness (QED) is 0.776. The number of allylic oxidation sites excluding steroid dienone is 1. The number of ether oxygens (including phenoxy) is 1. The van der Waals surface area contributed by atoms with Crippen molar-refractivity contribution in [1.29, 1.82) is 0 Å². The Balaban J connectivity index is 1.75. The number of hydrogen-bond donors (Lipinski definition) is 1. The van der Waals surface area contributed by atoms with Gasteiger partial charge in [0.2, 0.25) is 5.91 Å². The fraction of sp³-hybridized carbons (Fsp3) is 0.348. The standard InChI is InChI=1S/C23H26FNO2/c1-16(2)12-13-27-20-10-6-18(7-11-20)23(3)14-21(22(26)25-15-23)17-4-8-19(24)9-5-17/h4-12,21H,13-15H2,1-3H3,(H,25,26). The molecule has 3 nitrogen and oxygen atoms in total. The fourth-order valence-electron chi connectivity index (χ4n) is 3.46. The molecule has 0 bridgehead atoms. The second-order valence-corrected chi connectivity index (χ2v) is 7.70. The van der Waals surface area contributed by atoms with Crippen LogP contribution >= 0.6 is 0 Å². The van der Waals surface area contributed by atoms with E-state index >= 15 is 0 Å². The predicted octanol–water partition coefficient (Wildman–Crippen LogP) is 4.73. The Kier molecular flexibility index (Phi) is 5.64. The Morgan fingerprint density at radius 3 is 2.48 bits per heavy atom. The molecule has 1 heterocycles. The van der Waals surface area contributed by atoms with Gasteiger partial charge in [-0.3, -0.25) is 4.79 Å². The molecular formula is C23H26FNO2. The maximum atomic E-state index is 13.2. The topological polar surface area (TPSA) is 38.3 Å². The van der Waals surface area contributed by atoms with E-state index in [1.54, 1.807) is 12.1 Å². The van der Waals surface area contributed by atoms with Crippen LogP contribution in [0.15, 0.2) is 60.2 Å². The fourth-order valence-corrected chi connectivity index (χ4v) is 3.46. The second-order valence-electron chi connectivity index (χ2n) is 7.70. The van der Waals surface area contributed by atoms with Crippen molar-refractivity contribution in [3.05, 3.63) is 77.1 Å². The summed E-state index contributed by atoms with van der Waals surface area (Å²) >= 11 is 0. The number of carbonyl (C=O) groups excluding carboxylic acids is 1. The van der Waals surface area contributed by atoms with Crippen molar-refractivity contribution < 1.29 is 13.9 Å². The van der Waals surface area contributed by atoms with Gasteiger partial charge in [-0.25, -0.2) is 4.39 Å². The van der Waals surface area contributed by atoms with E-state index in [1.165, 1.54) is 17.7 Å². The lowest BCUT2D eigenvalue weighted by molar-refractivity contribution is -0.125. The summed E-state index contributed by atoms with van der Waals surface area (Å²) in [5.41, 5.74) is 3.04. The average molecular weight is 367 g/mol. The molecule has 1 fully saturated rings. The molecule has 2 atom stereocenters. The van der Waals surface area contributed by atoms with Gasteiger partial charge in [0.25, 0.3) is 0 Å². The molecule has 1 saturated heterocycles. The highest BCUT2D eigenvalue weighted by Gasteiger charge is 2.38. The maximum absolute atomic E-state index is 13.2. The summed E-state index contributed by atoms with van der Waals surface area (Å²) < 4.78 is 19.0. The molecular weight excluding hydrogens is 341 g/mol. The predicted molar refractivity (Wildman–Crippen MR) is 105 cm³/mol. The number of amides is 1. The van der Waals surface area contributed by atoms with Crippen LogP contribution < -0.4 is 10.1 Å². The number of carbonyl (C=O) groups is 1. The normalized spacial score (nSPS) is 22.1. The second kappa shape index (κ2) is 7.95. The lowest BCUT2D eigenvalue weighted by Crippen LogP contribution is -2.48. The minimum atomic E-state index is -0.290. The van der Waals surface area contributed by atoms with Crippen molar-refractivity contribution in [2.45, 2.75) is 38.5 Å². The van der Waals surface area contributed by atoms with Gasteiger partial charge in [-0.2, -0.15) is 0 Å². The highest BCUT2D eigenvalue weighted by atomic mass is 19.1. The summed E-state index contributed by atoms with van der Waals surface area (Å²) in [6.45, 7) is 7.38. The summed E-state index contributed by atoms with van der Waals surface area (Å²) in [6.07, 6.45) is 2.72. The summed E-state index contributed by atoms with van der Waals surface area (Å²) in [5, 5.41) is 3.02. The van der Waals surface area contributed by atoms with Crippen LogP contribution in [0.3, 0.4) is 0 Å². The van der Waals surface area contributed by atoms with Gasteiger partial charge >= 0.3 is 0 Å². The first kappa shape index (κ1) is 19.2. The first-order valence-corrected chi connectivity index (χ1v) is 9.27. The van der Waals surface area contributed by atoms with Crippen molar-refractivity contribution in [1.82, 2.24) is 5.32 Å². The Hall–Kier alpha value is -2.62. The Morgan fingerprint density at radius 2 is 1.85 bits per heavy atom. The summed E-state index contributed by atoms with van der Waals surface area (Å²) in [6, 6.07) is 14.3. The highest BCUT2D eigenvalue weighted by Crippen LogP contribution is 2.38. The van der Waals surface area contributed by atoms with E-state index < -0.39 is 0 Å². The lowest BCUT2D eigenvalue weighted by Gasteiger charge is -2.38. The summed E-state index contributed by atoms with van der Waals surface area (Å²) in [5.74, 6) is 0.259. The molecule has 0 aliphatic carbocycles. The number of halogens is 1. The third kappa shape index (κ3) is 4.57. The van der Waals surface area contributed by atoms with Crippen LogP contribution in [0.4, 0.5) is 4.39 Å². The van der Waals surface area contributed by atoms with Gasteiger partial charge in [0.05, 0.1) is 5.92 Å². The molecule has 0 spiro atoms. The van der Waals surface area contributed by atoms with E-state index in [4.69, 9.17) is 4.74 Å². The van der Waals surface area contributed by atoms with Gasteiger partial charge in [0.15, 0.2) is 0 Å². The molecule has 1 aliphatic heterocycles. The lowest BCUT2D eigenvalue weighted by atomic mass is 9.71. The van der Waals surface area contributed by atoms with Crippen LogP contribution in [-0.2, 0) is 10.2 Å². The average Bonchev–Trinajstić information content (AvgIpc) is 2.65. The van der Waals surface area contributed by atoms with Gasteiger partial charge in [0.1, 0.15) is 18.2 Å². The molecule has 1 amide bonds. The van der Waals surface area contributed by atoms with E-state index in [-0.39, 0.29) is 23.1 Å². The van der Waals surface area contributed by atoms with E-state index in [0.717, 1.165) is 16.9 Å². The van der Waals surface area contributed by atoms with Gasteiger partial charge in [0, 0.05) is 12.0 Å². The van der Waals surface area contributed by atoms with Crippen molar-refractivity contribution in [3.8, 4) is 5.75 Å². The van der Waals surface area contributed by atoms with Gasteiger partial charge in [-0.05, 0) is 61.7 Å². The molecule has 2 unspecified atom stereocenters. The minimum Gasteiger partial charge on any atom is -0.490 e. The molecule has 1 aliphatic rings. The van der Waals surface area contributed by atoms with E-state index in [0.29, 0.717) is 19.6 Å². The Morgan fingerprint density at radius 1 is 1.19 bits per heavy atom. The Labute approximate surface area is 160 Å². The van der Waals surface area contributed by atoms with Crippen molar-refractivity contribution in [3.63, 3.8) is 0 Å². The molecule has 27 heavy (non-hydrogen) atoms. The van der Waals surface area contributed by atoms with E-state index in [9.17, 15) is 9.18 Å². The van der Waals surface area contributed by atoms with Gasteiger partial charge in [-0.1, -0.05) is 36.8 Å². The highest BCUT2D eigenvalue weighted by molar-refractivity contribution is 5.85. The molecule has 0 saturated carbocycles. The molecule has 1 N–H and O–H groups in total. The van der Waals surface area contributed by atoms with Crippen LogP contribution in [0.25, 0.3) is 0 Å². The van der Waals surface area contributed by atoms with Gasteiger partial charge < -0.3 is 10.1 Å². The van der Waals surface area contributed by atoms with Gasteiger partial charge in [-0.15, -0.1) is 0 Å². The van der Waals surface area contributed by atoms with Crippen LogP contribution in [0.5, 0.6) is 5.75 Å². The molecule has 2 aromatic carbocycles. The van der Waals surface area contributed by atoms with Crippen LogP contribution in [0, 0.1) is 5.82 Å². The molecule has 3 rings (SSSR count). The van der Waals surface area contributed by atoms with Crippen molar-refractivity contribution in [2.24, 2.45) is 0 Å². The first-order valence-electron chi connectivity index (χ1n) is 9.27. The smallest absolute Gasteiger partial charge is 0.227 e. The number of rotatable bonds is 5. The van der Waals surface area contributed by atoms with Crippen molar-refractivity contribution >= 4 is 5.91 Å². The van der Waals surface area contributed by atoms with E-state index in [1.807, 2.05) is 32.1 Å². The monoisotopic (exact) mass is 367 g/mol. The summed E-state index contributed by atoms with van der Waals surface area (Å²) in [7, 11) is 0. The third-order valence-electron chi connectivity index (χ3n) is 5.19. The van der Waals surface area contributed by atoms with Crippen molar-refractivity contribution in [2.75, 3.05) is 13.2 Å². The maximum Gasteiger partial charge on any atom is 0.227 e. The zero-order valence-corrected chi connectivity index (χ0v) is 16.1. The Bertz CT molecular complexity index is 822. The van der Waals surface area contributed by atoms with Crippen LogP contribution in [0.1, 0.15) is 44.2 Å².